The van der Waals surface area contributed by atoms with Gasteiger partial charge >= 0.3 is 0 Å². The number of hydrogen-bond donors (Lipinski definition) is 1. The van der Waals surface area contributed by atoms with Crippen LogP contribution in [-0.2, 0) is 0 Å². The molecule has 0 bridgehead atoms. The molecule has 3 unspecified atom stereocenters. The normalized spacial score (nSPS) is 31.6. The second-order valence-electron chi connectivity index (χ2n) is 5.45. The van der Waals surface area contributed by atoms with Crippen LogP contribution in [0.4, 0.5) is 0 Å². The summed E-state index contributed by atoms with van der Waals surface area (Å²) in [5, 5.41) is 10.3. The van der Waals surface area contributed by atoms with Gasteiger partial charge in [0, 0.05) is 0 Å². The molecule has 1 heteroatoms. The lowest BCUT2D eigenvalue weighted by Gasteiger charge is -2.17. The smallest absolute Gasteiger partial charge is 0.0602 e. The van der Waals surface area contributed by atoms with Crippen LogP contribution >= 0.6 is 0 Å². The molecule has 2 fully saturated rings. The first kappa shape index (κ1) is 10.3. The van der Waals surface area contributed by atoms with Crippen LogP contribution in [0.1, 0.15) is 43.6 Å². The molecule has 1 aromatic carbocycles. The van der Waals surface area contributed by atoms with Crippen molar-refractivity contribution in [3.8, 4) is 0 Å². The molecule has 0 aliphatic heterocycles. The zero-order valence-corrected chi connectivity index (χ0v) is 9.68. The van der Waals surface area contributed by atoms with Crippen molar-refractivity contribution in [2.75, 3.05) is 0 Å². The van der Waals surface area contributed by atoms with Crippen LogP contribution < -0.4 is 0 Å². The van der Waals surface area contributed by atoms with Crippen LogP contribution in [0.25, 0.3) is 0 Å². The van der Waals surface area contributed by atoms with E-state index in [9.17, 15) is 5.11 Å². The van der Waals surface area contributed by atoms with Crippen molar-refractivity contribution >= 4 is 0 Å². The maximum absolute atomic E-state index is 10.3. The quantitative estimate of drug-likeness (QED) is 0.821. The lowest BCUT2D eigenvalue weighted by Crippen LogP contribution is -2.20. The summed E-state index contributed by atoms with van der Waals surface area (Å²) in [5.41, 5.74) is 1.42. The molecule has 2 aliphatic carbocycles. The van der Waals surface area contributed by atoms with Crippen molar-refractivity contribution in [2.45, 2.75) is 44.1 Å². The number of benzene rings is 1. The molecule has 1 aromatic rings. The largest absolute Gasteiger partial charge is 0.393 e. The summed E-state index contributed by atoms with van der Waals surface area (Å²) in [7, 11) is 0. The molecule has 0 heterocycles. The van der Waals surface area contributed by atoms with E-state index in [0.717, 1.165) is 0 Å². The van der Waals surface area contributed by atoms with Crippen molar-refractivity contribution in [2.24, 2.45) is 11.8 Å². The standard InChI is InChI=1S/C15H20O/c16-15(12-8-4-5-9-12)14-10-13(14)11-6-2-1-3-7-11/h1-3,6-7,12-16H,4-5,8-10H2. The van der Waals surface area contributed by atoms with E-state index < -0.39 is 0 Å². The zero-order valence-electron chi connectivity index (χ0n) is 9.68. The highest BCUT2D eigenvalue weighted by Crippen LogP contribution is 2.52. The molecule has 86 valence electrons. The van der Waals surface area contributed by atoms with Crippen molar-refractivity contribution in [3.05, 3.63) is 35.9 Å². The Bertz CT molecular complexity index is 340. The van der Waals surface area contributed by atoms with Gasteiger partial charge in [0.1, 0.15) is 0 Å². The topological polar surface area (TPSA) is 20.2 Å². The molecule has 2 aliphatic rings. The maximum Gasteiger partial charge on any atom is 0.0602 e. The summed E-state index contributed by atoms with van der Waals surface area (Å²) in [6.07, 6.45) is 6.31. The first-order chi connectivity index (χ1) is 7.86. The van der Waals surface area contributed by atoms with Gasteiger partial charge in [0.15, 0.2) is 0 Å². The second kappa shape index (κ2) is 4.21. The van der Waals surface area contributed by atoms with Gasteiger partial charge in [0.25, 0.3) is 0 Å². The Morgan fingerprint density at radius 1 is 1.06 bits per heavy atom. The summed E-state index contributed by atoms with van der Waals surface area (Å²) in [5.74, 6) is 1.78. The minimum absolute atomic E-state index is 0.0345. The molecule has 0 spiro atoms. The number of hydrogen-bond acceptors (Lipinski definition) is 1. The van der Waals surface area contributed by atoms with E-state index in [-0.39, 0.29) is 6.10 Å². The van der Waals surface area contributed by atoms with Crippen molar-refractivity contribution < 1.29 is 5.11 Å². The molecule has 16 heavy (non-hydrogen) atoms. The lowest BCUT2D eigenvalue weighted by molar-refractivity contribution is 0.0874. The van der Waals surface area contributed by atoms with Crippen LogP contribution in [0.2, 0.25) is 0 Å². The maximum atomic E-state index is 10.3. The molecule has 0 saturated heterocycles. The van der Waals surface area contributed by atoms with Crippen molar-refractivity contribution in [1.82, 2.24) is 0 Å². The third kappa shape index (κ3) is 1.89. The molecule has 1 nitrogen and oxygen atoms in total. The van der Waals surface area contributed by atoms with Gasteiger partial charge in [0.05, 0.1) is 6.10 Å². The average molecular weight is 216 g/mol. The fourth-order valence-corrected chi connectivity index (χ4v) is 3.32. The minimum Gasteiger partial charge on any atom is -0.393 e. The van der Waals surface area contributed by atoms with E-state index in [1.807, 2.05) is 0 Å². The van der Waals surface area contributed by atoms with E-state index in [4.69, 9.17) is 0 Å². The third-order valence-electron chi connectivity index (χ3n) is 4.39. The highest BCUT2D eigenvalue weighted by molar-refractivity contribution is 5.26. The summed E-state index contributed by atoms with van der Waals surface area (Å²) in [6, 6.07) is 10.7. The minimum atomic E-state index is -0.0345. The summed E-state index contributed by atoms with van der Waals surface area (Å²) in [4.78, 5) is 0. The highest BCUT2D eigenvalue weighted by atomic mass is 16.3. The first-order valence-electron chi connectivity index (χ1n) is 6.59. The number of aliphatic hydroxyl groups is 1. The molecule has 0 aromatic heterocycles. The van der Waals surface area contributed by atoms with E-state index >= 15 is 0 Å². The summed E-state index contributed by atoms with van der Waals surface area (Å²) in [6.45, 7) is 0. The van der Waals surface area contributed by atoms with E-state index in [1.165, 1.54) is 37.7 Å². The van der Waals surface area contributed by atoms with Crippen LogP contribution in [0.3, 0.4) is 0 Å². The Kier molecular flexibility index (Phi) is 2.72. The molecule has 1 N–H and O–H groups in total. The SMILES string of the molecule is OC(C1CCCC1)C1CC1c1ccccc1. The van der Waals surface area contributed by atoms with Gasteiger partial charge in [-0.05, 0) is 42.6 Å². The monoisotopic (exact) mass is 216 g/mol. The average Bonchev–Trinajstić information content (AvgIpc) is 2.95. The lowest BCUT2D eigenvalue weighted by atomic mass is 9.95. The Morgan fingerprint density at radius 2 is 1.75 bits per heavy atom. The first-order valence-corrected chi connectivity index (χ1v) is 6.59. The van der Waals surface area contributed by atoms with Crippen LogP contribution in [0.15, 0.2) is 30.3 Å². The fourth-order valence-electron chi connectivity index (χ4n) is 3.32. The molecule has 2 saturated carbocycles. The third-order valence-corrected chi connectivity index (χ3v) is 4.39. The van der Waals surface area contributed by atoms with E-state index in [2.05, 4.69) is 30.3 Å². The van der Waals surface area contributed by atoms with Gasteiger partial charge in [-0.1, -0.05) is 43.2 Å². The number of aliphatic hydroxyl groups excluding tert-OH is 1. The predicted octanol–water partition coefficient (Wildman–Crippen LogP) is 3.34. The van der Waals surface area contributed by atoms with Gasteiger partial charge in [0.2, 0.25) is 0 Å². The fraction of sp³-hybridized carbons (Fsp3) is 0.600. The molecule has 3 atom stereocenters. The van der Waals surface area contributed by atoms with Gasteiger partial charge < -0.3 is 5.11 Å². The van der Waals surface area contributed by atoms with Gasteiger partial charge in [-0.15, -0.1) is 0 Å². The molecule has 0 amide bonds. The van der Waals surface area contributed by atoms with E-state index in [0.29, 0.717) is 17.8 Å². The molecular formula is C15H20O. The second-order valence-corrected chi connectivity index (χ2v) is 5.45. The van der Waals surface area contributed by atoms with E-state index in [1.54, 1.807) is 0 Å². The Hall–Kier alpha value is -0.820. The van der Waals surface area contributed by atoms with Gasteiger partial charge in [-0.2, -0.15) is 0 Å². The van der Waals surface area contributed by atoms with Crippen LogP contribution in [0.5, 0.6) is 0 Å². The van der Waals surface area contributed by atoms with Crippen LogP contribution in [0, 0.1) is 11.8 Å². The molecular weight excluding hydrogens is 196 g/mol. The van der Waals surface area contributed by atoms with Crippen molar-refractivity contribution in [3.63, 3.8) is 0 Å². The zero-order chi connectivity index (χ0) is 11.0. The Labute approximate surface area is 97.5 Å². The highest BCUT2D eigenvalue weighted by Gasteiger charge is 2.46. The van der Waals surface area contributed by atoms with Gasteiger partial charge in [-0.3, -0.25) is 0 Å². The summed E-state index contributed by atoms with van der Waals surface area (Å²) >= 11 is 0. The molecule has 3 rings (SSSR count). The Morgan fingerprint density at radius 3 is 2.44 bits per heavy atom. The summed E-state index contributed by atoms with van der Waals surface area (Å²) < 4.78 is 0. The number of rotatable bonds is 3. The Balaban J connectivity index is 1.63. The van der Waals surface area contributed by atoms with Crippen LogP contribution in [-0.4, -0.2) is 11.2 Å². The van der Waals surface area contributed by atoms with Crippen molar-refractivity contribution in [1.29, 1.82) is 0 Å². The van der Waals surface area contributed by atoms with Gasteiger partial charge in [-0.25, -0.2) is 0 Å². The molecule has 0 radical (unpaired) electrons. The predicted molar refractivity (Wildman–Crippen MR) is 65.3 cm³/mol.